The van der Waals surface area contributed by atoms with Crippen LogP contribution in [0.25, 0.3) is 11.0 Å². The lowest BCUT2D eigenvalue weighted by Crippen LogP contribution is -2.19. The summed E-state index contributed by atoms with van der Waals surface area (Å²) in [5, 5.41) is 8.80. The van der Waals surface area contributed by atoms with Crippen LogP contribution < -0.4 is 5.32 Å². The Morgan fingerprint density at radius 2 is 2.13 bits per heavy atom. The van der Waals surface area contributed by atoms with Crippen molar-refractivity contribution in [2.24, 2.45) is 0 Å². The summed E-state index contributed by atoms with van der Waals surface area (Å²) in [5.41, 5.74) is 2.05. The Morgan fingerprint density at radius 3 is 2.96 bits per heavy atom. The Hall–Kier alpha value is -2.47. The minimum absolute atomic E-state index is 0.277. The molecule has 0 saturated carbocycles. The molecule has 1 aromatic carbocycles. The molecule has 1 atom stereocenters. The van der Waals surface area contributed by atoms with Crippen LogP contribution in [0.15, 0.2) is 42.9 Å². The fourth-order valence-electron chi connectivity index (χ4n) is 2.92. The molecule has 118 valence electrons. The molecule has 6 heteroatoms. The van der Waals surface area contributed by atoms with Gasteiger partial charge >= 0.3 is 0 Å². The largest absolute Gasteiger partial charge is 0.376 e. The number of hydrogen-bond acceptors (Lipinski definition) is 5. The molecule has 4 rings (SSSR count). The maximum absolute atomic E-state index is 5.64. The van der Waals surface area contributed by atoms with Gasteiger partial charge in [-0.25, -0.2) is 14.6 Å². The molecule has 1 saturated heterocycles. The number of hydrogen-bond donors (Lipinski definition) is 1. The van der Waals surface area contributed by atoms with Crippen LogP contribution in [0.3, 0.4) is 0 Å². The highest BCUT2D eigenvalue weighted by Gasteiger charge is 2.16. The van der Waals surface area contributed by atoms with Crippen molar-refractivity contribution in [3.63, 3.8) is 0 Å². The molecule has 1 fully saturated rings. The molecule has 0 bridgehead atoms. The minimum atomic E-state index is 0.277. The van der Waals surface area contributed by atoms with Crippen molar-refractivity contribution in [3.8, 4) is 0 Å². The lowest BCUT2D eigenvalue weighted by Gasteiger charge is -2.11. The van der Waals surface area contributed by atoms with E-state index in [1.54, 1.807) is 6.33 Å². The molecule has 0 radical (unpaired) electrons. The number of fused-ring (bicyclic) bond motifs is 1. The van der Waals surface area contributed by atoms with E-state index >= 15 is 0 Å². The predicted octanol–water partition coefficient (Wildman–Crippen LogP) is 2.47. The summed E-state index contributed by atoms with van der Waals surface area (Å²) in [6.45, 7) is 2.34. The molecular weight excluding hydrogens is 290 g/mol. The lowest BCUT2D eigenvalue weighted by atomic mass is 10.2. The van der Waals surface area contributed by atoms with E-state index in [0.29, 0.717) is 6.54 Å². The first kappa shape index (κ1) is 14.1. The van der Waals surface area contributed by atoms with Crippen molar-refractivity contribution < 1.29 is 4.74 Å². The van der Waals surface area contributed by atoms with E-state index in [-0.39, 0.29) is 6.10 Å². The molecule has 0 spiro atoms. The first-order valence-corrected chi connectivity index (χ1v) is 7.96. The molecular formula is C17H19N5O. The molecule has 2 aromatic heterocycles. The quantitative estimate of drug-likeness (QED) is 0.784. The first-order chi connectivity index (χ1) is 11.4. The summed E-state index contributed by atoms with van der Waals surface area (Å²) >= 11 is 0. The Bertz CT molecular complexity index is 780. The van der Waals surface area contributed by atoms with Crippen molar-refractivity contribution in [1.29, 1.82) is 0 Å². The summed E-state index contributed by atoms with van der Waals surface area (Å²) in [6, 6.07) is 10.3. The fraction of sp³-hybridized carbons (Fsp3) is 0.353. The van der Waals surface area contributed by atoms with E-state index in [9.17, 15) is 0 Å². The van der Waals surface area contributed by atoms with Crippen molar-refractivity contribution in [3.05, 3.63) is 48.4 Å². The number of anilines is 1. The van der Waals surface area contributed by atoms with Gasteiger partial charge in [0.15, 0.2) is 5.65 Å². The van der Waals surface area contributed by atoms with Gasteiger partial charge in [0, 0.05) is 13.2 Å². The molecule has 3 heterocycles. The van der Waals surface area contributed by atoms with E-state index in [1.165, 1.54) is 5.56 Å². The van der Waals surface area contributed by atoms with Gasteiger partial charge in [-0.15, -0.1) is 0 Å². The number of nitrogens with one attached hydrogen (secondary N) is 1. The van der Waals surface area contributed by atoms with Gasteiger partial charge in [-0.1, -0.05) is 30.3 Å². The second kappa shape index (κ2) is 6.34. The Labute approximate surface area is 134 Å². The van der Waals surface area contributed by atoms with Gasteiger partial charge in [-0.3, -0.25) is 0 Å². The molecule has 0 unspecified atom stereocenters. The average Bonchev–Trinajstić information content (AvgIpc) is 3.24. The van der Waals surface area contributed by atoms with Crippen molar-refractivity contribution >= 4 is 16.9 Å². The van der Waals surface area contributed by atoms with Gasteiger partial charge in [0.2, 0.25) is 0 Å². The van der Waals surface area contributed by atoms with Gasteiger partial charge in [0.05, 0.1) is 24.2 Å². The van der Waals surface area contributed by atoms with Crippen LogP contribution in [-0.2, 0) is 11.3 Å². The third-order valence-corrected chi connectivity index (χ3v) is 4.13. The van der Waals surface area contributed by atoms with Gasteiger partial charge in [-0.05, 0) is 18.4 Å². The van der Waals surface area contributed by atoms with Crippen molar-refractivity contribution in [1.82, 2.24) is 19.7 Å². The highest BCUT2D eigenvalue weighted by molar-refractivity contribution is 5.86. The zero-order chi connectivity index (χ0) is 15.5. The van der Waals surface area contributed by atoms with Gasteiger partial charge in [0.1, 0.15) is 12.1 Å². The number of ether oxygens (including phenoxy) is 1. The molecule has 3 aromatic rings. The smallest absolute Gasteiger partial charge is 0.163 e. The summed E-state index contributed by atoms with van der Waals surface area (Å²) < 4.78 is 7.55. The Morgan fingerprint density at radius 1 is 1.22 bits per heavy atom. The van der Waals surface area contributed by atoms with Crippen LogP contribution in [-0.4, -0.2) is 39.0 Å². The van der Waals surface area contributed by atoms with Gasteiger partial charge in [-0.2, -0.15) is 5.10 Å². The summed E-state index contributed by atoms with van der Waals surface area (Å²) in [4.78, 5) is 8.75. The zero-order valence-electron chi connectivity index (χ0n) is 12.9. The molecule has 1 aliphatic heterocycles. The third kappa shape index (κ3) is 3.03. The highest BCUT2D eigenvalue weighted by atomic mass is 16.5. The first-order valence-electron chi connectivity index (χ1n) is 7.96. The summed E-state index contributed by atoms with van der Waals surface area (Å²) in [5.74, 6) is 0.824. The Kier molecular flexibility index (Phi) is 3.90. The maximum atomic E-state index is 5.64. The molecule has 0 amide bonds. The standard InChI is InChI=1S/C17H19N5O/c1-2-5-13(6-3-1)11-22-17-15(10-21-22)16(19-12-20-17)18-9-14-7-4-8-23-14/h1-3,5-6,10,12,14H,4,7-9,11H2,(H,18,19,20)/t14-/m0/s1. The lowest BCUT2D eigenvalue weighted by molar-refractivity contribution is 0.120. The number of benzene rings is 1. The fourth-order valence-corrected chi connectivity index (χ4v) is 2.92. The summed E-state index contributed by atoms with van der Waals surface area (Å²) in [7, 11) is 0. The van der Waals surface area contributed by atoms with E-state index in [0.717, 1.165) is 42.8 Å². The monoisotopic (exact) mass is 309 g/mol. The Balaban J connectivity index is 1.56. The van der Waals surface area contributed by atoms with Crippen LogP contribution in [0.2, 0.25) is 0 Å². The number of aromatic nitrogens is 4. The van der Waals surface area contributed by atoms with Crippen LogP contribution in [0.4, 0.5) is 5.82 Å². The molecule has 1 N–H and O–H groups in total. The van der Waals surface area contributed by atoms with Gasteiger partial charge < -0.3 is 10.1 Å². The van der Waals surface area contributed by atoms with Crippen LogP contribution in [0, 0.1) is 0 Å². The second-order valence-electron chi connectivity index (χ2n) is 5.76. The van der Waals surface area contributed by atoms with E-state index in [1.807, 2.05) is 29.1 Å². The average molecular weight is 309 g/mol. The highest BCUT2D eigenvalue weighted by Crippen LogP contribution is 2.20. The second-order valence-corrected chi connectivity index (χ2v) is 5.76. The van der Waals surface area contributed by atoms with Crippen LogP contribution >= 0.6 is 0 Å². The topological polar surface area (TPSA) is 64.9 Å². The van der Waals surface area contributed by atoms with Crippen LogP contribution in [0.1, 0.15) is 18.4 Å². The third-order valence-electron chi connectivity index (χ3n) is 4.13. The zero-order valence-corrected chi connectivity index (χ0v) is 12.9. The van der Waals surface area contributed by atoms with Crippen molar-refractivity contribution in [2.45, 2.75) is 25.5 Å². The summed E-state index contributed by atoms with van der Waals surface area (Å²) in [6.07, 6.45) is 5.94. The molecule has 1 aliphatic rings. The maximum Gasteiger partial charge on any atom is 0.163 e. The predicted molar refractivity (Wildman–Crippen MR) is 88.3 cm³/mol. The SMILES string of the molecule is c1ccc(Cn2ncc3c(NC[C@@H]4CCCO4)ncnc32)cc1. The van der Waals surface area contributed by atoms with E-state index in [2.05, 4.69) is 32.5 Å². The van der Waals surface area contributed by atoms with Crippen LogP contribution in [0.5, 0.6) is 0 Å². The van der Waals surface area contributed by atoms with Crippen molar-refractivity contribution in [2.75, 3.05) is 18.5 Å². The van der Waals surface area contributed by atoms with E-state index in [4.69, 9.17) is 4.74 Å². The van der Waals surface area contributed by atoms with Gasteiger partial charge in [0.25, 0.3) is 0 Å². The molecule has 6 nitrogen and oxygen atoms in total. The normalized spacial score (nSPS) is 17.7. The van der Waals surface area contributed by atoms with E-state index < -0.39 is 0 Å². The number of rotatable bonds is 5. The molecule has 0 aliphatic carbocycles. The number of nitrogens with zero attached hydrogens (tertiary/aromatic N) is 4. The molecule has 23 heavy (non-hydrogen) atoms. The minimum Gasteiger partial charge on any atom is -0.376 e.